The Balaban J connectivity index is 1.49. The van der Waals surface area contributed by atoms with Crippen LogP contribution in [0.1, 0.15) is 12.0 Å². The predicted molar refractivity (Wildman–Crippen MR) is 94.8 cm³/mol. The highest BCUT2D eigenvalue weighted by Gasteiger charge is 2.28. The van der Waals surface area contributed by atoms with E-state index >= 15 is 0 Å². The van der Waals surface area contributed by atoms with Crippen molar-refractivity contribution in [3.05, 3.63) is 48.4 Å². The van der Waals surface area contributed by atoms with Gasteiger partial charge in [0, 0.05) is 32.7 Å². The number of hydrogen-bond acceptors (Lipinski definition) is 5. The maximum Gasteiger partial charge on any atom is 0.163 e. The number of anilines is 1. The summed E-state index contributed by atoms with van der Waals surface area (Å²) in [6.07, 6.45) is 4.65. The van der Waals surface area contributed by atoms with Crippen LogP contribution >= 0.6 is 0 Å². The van der Waals surface area contributed by atoms with E-state index in [-0.39, 0.29) is 0 Å². The second kappa shape index (κ2) is 6.20. The Morgan fingerprint density at radius 1 is 1.21 bits per heavy atom. The third kappa shape index (κ3) is 2.73. The summed E-state index contributed by atoms with van der Waals surface area (Å²) < 4.78 is 1.80. The van der Waals surface area contributed by atoms with Crippen LogP contribution in [-0.2, 0) is 13.6 Å². The van der Waals surface area contributed by atoms with E-state index in [2.05, 4.69) is 62.2 Å². The molecule has 1 aliphatic rings. The first kappa shape index (κ1) is 15.1. The molecule has 1 unspecified atom stereocenters. The van der Waals surface area contributed by atoms with Gasteiger partial charge in [-0.3, -0.25) is 9.58 Å². The molecule has 4 rings (SSSR count). The summed E-state index contributed by atoms with van der Waals surface area (Å²) in [6.45, 7) is 2.99. The summed E-state index contributed by atoms with van der Waals surface area (Å²) in [7, 11) is 4.13. The summed E-state index contributed by atoms with van der Waals surface area (Å²) >= 11 is 0. The number of fused-ring (bicyclic) bond motifs is 1. The van der Waals surface area contributed by atoms with E-state index in [0.29, 0.717) is 6.04 Å². The van der Waals surface area contributed by atoms with Gasteiger partial charge in [-0.25, -0.2) is 9.97 Å². The summed E-state index contributed by atoms with van der Waals surface area (Å²) in [5, 5.41) is 5.35. The lowest BCUT2D eigenvalue weighted by Crippen LogP contribution is -2.34. The molecule has 6 nitrogen and oxygen atoms in total. The molecule has 1 saturated heterocycles. The van der Waals surface area contributed by atoms with Crippen molar-refractivity contribution in [1.29, 1.82) is 0 Å². The lowest BCUT2D eigenvalue weighted by molar-refractivity contribution is 0.250. The van der Waals surface area contributed by atoms with Gasteiger partial charge in [0.2, 0.25) is 0 Å². The quantitative estimate of drug-likeness (QED) is 0.736. The highest BCUT2D eigenvalue weighted by atomic mass is 15.3. The van der Waals surface area contributed by atoms with Gasteiger partial charge in [-0.2, -0.15) is 5.10 Å². The molecular weight excluding hydrogens is 300 g/mol. The van der Waals surface area contributed by atoms with Gasteiger partial charge < -0.3 is 4.90 Å². The Kier molecular flexibility index (Phi) is 3.90. The van der Waals surface area contributed by atoms with Crippen molar-refractivity contribution in [2.24, 2.45) is 7.05 Å². The Morgan fingerprint density at radius 2 is 2.04 bits per heavy atom. The molecule has 3 heterocycles. The first-order valence-electron chi connectivity index (χ1n) is 8.34. The van der Waals surface area contributed by atoms with Crippen LogP contribution in [0.4, 0.5) is 5.82 Å². The van der Waals surface area contributed by atoms with E-state index in [1.165, 1.54) is 5.56 Å². The molecule has 0 saturated carbocycles. The summed E-state index contributed by atoms with van der Waals surface area (Å²) in [6, 6.07) is 11.2. The minimum absolute atomic E-state index is 0.534. The Bertz CT molecular complexity index is 828. The first-order valence-corrected chi connectivity index (χ1v) is 8.34. The molecule has 0 N–H and O–H groups in total. The third-order valence-electron chi connectivity index (χ3n) is 4.87. The van der Waals surface area contributed by atoms with E-state index in [1.54, 1.807) is 11.0 Å². The van der Waals surface area contributed by atoms with Gasteiger partial charge in [-0.1, -0.05) is 30.3 Å². The molecule has 0 spiro atoms. The number of nitrogens with zero attached hydrogens (tertiary/aromatic N) is 6. The van der Waals surface area contributed by atoms with E-state index in [1.807, 2.05) is 13.2 Å². The number of hydrogen-bond donors (Lipinski definition) is 0. The zero-order valence-corrected chi connectivity index (χ0v) is 14.1. The fraction of sp³-hybridized carbons (Fsp3) is 0.389. The second-order valence-corrected chi connectivity index (χ2v) is 6.49. The number of aryl methyl sites for hydroxylation is 1. The molecule has 1 aliphatic heterocycles. The maximum absolute atomic E-state index is 4.52. The normalized spacial score (nSPS) is 18.0. The molecule has 1 atom stereocenters. The number of benzene rings is 1. The van der Waals surface area contributed by atoms with Gasteiger partial charge >= 0.3 is 0 Å². The summed E-state index contributed by atoms with van der Waals surface area (Å²) in [5.41, 5.74) is 2.25. The minimum Gasteiger partial charge on any atom is -0.354 e. The van der Waals surface area contributed by atoms with Crippen LogP contribution in [0.5, 0.6) is 0 Å². The smallest absolute Gasteiger partial charge is 0.163 e. The first-order chi connectivity index (χ1) is 11.7. The average Bonchev–Trinajstić information content (AvgIpc) is 3.23. The van der Waals surface area contributed by atoms with E-state index in [9.17, 15) is 0 Å². The van der Waals surface area contributed by atoms with Gasteiger partial charge in [-0.05, 0) is 19.0 Å². The largest absolute Gasteiger partial charge is 0.354 e. The van der Waals surface area contributed by atoms with Crippen LogP contribution in [0.15, 0.2) is 42.9 Å². The molecule has 0 bridgehead atoms. The highest BCUT2D eigenvalue weighted by molar-refractivity contribution is 5.86. The molecule has 0 amide bonds. The van der Waals surface area contributed by atoms with Gasteiger partial charge in [0.25, 0.3) is 0 Å². The Morgan fingerprint density at radius 3 is 2.88 bits per heavy atom. The van der Waals surface area contributed by atoms with Crippen LogP contribution in [0.2, 0.25) is 0 Å². The van der Waals surface area contributed by atoms with E-state index in [0.717, 1.165) is 42.9 Å². The summed E-state index contributed by atoms with van der Waals surface area (Å²) in [5.74, 6) is 1.00. The van der Waals surface area contributed by atoms with Crippen molar-refractivity contribution in [3.63, 3.8) is 0 Å². The van der Waals surface area contributed by atoms with Gasteiger partial charge in [0.15, 0.2) is 5.65 Å². The van der Waals surface area contributed by atoms with E-state index < -0.39 is 0 Å². The third-order valence-corrected chi connectivity index (χ3v) is 4.87. The molecule has 6 heteroatoms. The molecule has 24 heavy (non-hydrogen) atoms. The molecule has 2 aromatic heterocycles. The SMILES string of the molecule is CN(Cc1ccccc1)C1CCN(c2ncnc3c2cnn3C)C1. The van der Waals surface area contributed by atoms with Crippen LogP contribution < -0.4 is 4.90 Å². The molecule has 0 aliphatic carbocycles. The lowest BCUT2D eigenvalue weighted by Gasteiger charge is -2.25. The molecule has 1 aromatic carbocycles. The maximum atomic E-state index is 4.52. The lowest BCUT2D eigenvalue weighted by atomic mass is 10.1. The minimum atomic E-state index is 0.534. The monoisotopic (exact) mass is 322 g/mol. The zero-order valence-electron chi connectivity index (χ0n) is 14.1. The highest BCUT2D eigenvalue weighted by Crippen LogP contribution is 2.27. The molecule has 124 valence electrons. The average molecular weight is 322 g/mol. The number of rotatable bonds is 4. The van der Waals surface area contributed by atoms with Crippen LogP contribution in [0.25, 0.3) is 11.0 Å². The molecular formula is C18H22N6. The summed E-state index contributed by atoms with van der Waals surface area (Å²) in [4.78, 5) is 13.7. The standard InChI is InChI=1S/C18H22N6/c1-22(11-14-6-4-3-5-7-14)15-8-9-24(12-15)18-16-10-21-23(2)17(16)19-13-20-18/h3-7,10,13,15H,8-9,11-12H2,1-2H3. The van der Waals surface area contributed by atoms with Gasteiger partial charge in [-0.15, -0.1) is 0 Å². The second-order valence-electron chi connectivity index (χ2n) is 6.49. The van der Waals surface area contributed by atoms with Crippen molar-refractivity contribution in [2.75, 3.05) is 25.0 Å². The topological polar surface area (TPSA) is 50.1 Å². The van der Waals surface area contributed by atoms with Crippen LogP contribution in [-0.4, -0.2) is 50.8 Å². The zero-order chi connectivity index (χ0) is 16.5. The van der Waals surface area contributed by atoms with Gasteiger partial charge in [0.1, 0.15) is 12.1 Å². The fourth-order valence-corrected chi connectivity index (χ4v) is 3.50. The predicted octanol–water partition coefficient (Wildman–Crippen LogP) is 2.07. The molecule has 1 fully saturated rings. The van der Waals surface area contributed by atoms with Gasteiger partial charge in [0.05, 0.1) is 11.6 Å². The van der Waals surface area contributed by atoms with Crippen molar-refractivity contribution < 1.29 is 0 Å². The Hall–Kier alpha value is -2.47. The molecule has 0 radical (unpaired) electrons. The van der Waals surface area contributed by atoms with Crippen molar-refractivity contribution in [2.45, 2.75) is 19.0 Å². The number of likely N-dealkylation sites (N-methyl/N-ethyl adjacent to an activating group) is 1. The Labute approximate surface area is 141 Å². The van der Waals surface area contributed by atoms with Crippen molar-refractivity contribution >= 4 is 16.9 Å². The van der Waals surface area contributed by atoms with Crippen molar-refractivity contribution in [3.8, 4) is 0 Å². The van der Waals surface area contributed by atoms with Crippen LogP contribution in [0.3, 0.4) is 0 Å². The fourth-order valence-electron chi connectivity index (χ4n) is 3.50. The van der Waals surface area contributed by atoms with E-state index in [4.69, 9.17) is 0 Å². The van der Waals surface area contributed by atoms with Crippen LogP contribution in [0, 0.1) is 0 Å². The van der Waals surface area contributed by atoms with Crippen molar-refractivity contribution in [1.82, 2.24) is 24.6 Å². The molecule has 3 aromatic rings. The number of aromatic nitrogens is 4.